The van der Waals surface area contributed by atoms with Gasteiger partial charge in [0.25, 0.3) is 0 Å². The van der Waals surface area contributed by atoms with Gasteiger partial charge < -0.3 is 15.4 Å². The molecule has 0 saturated carbocycles. The van der Waals surface area contributed by atoms with Gasteiger partial charge in [0.05, 0.1) is 25.0 Å². The molecule has 0 aliphatic rings. The Hall–Kier alpha value is -3.45. The van der Waals surface area contributed by atoms with Crippen LogP contribution in [0.3, 0.4) is 0 Å². The molecular formula is C23H26N4O3. The first kappa shape index (κ1) is 21.3. The minimum absolute atomic E-state index is 0.000473. The Morgan fingerprint density at radius 1 is 1.10 bits per heavy atom. The highest BCUT2D eigenvalue weighted by atomic mass is 16.5. The average Bonchev–Trinajstić information content (AvgIpc) is 3.16. The molecule has 0 spiro atoms. The summed E-state index contributed by atoms with van der Waals surface area (Å²) in [6.07, 6.45) is 1.41. The van der Waals surface area contributed by atoms with Gasteiger partial charge in [0.15, 0.2) is 5.82 Å². The van der Waals surface area contributed by atoms with Crippen LogP contribution in [0.2, 0.25) is 0 Å². The Labute approximate surface area is 176 Å². The molecule has 1 unspecified atom stereocenters. The largest absolute Gasteiger partial charge is 0.462 e. The molecule has 2 N–H and O–H groups in total. The van der Waals surface area contributed by atoms with Crippen LogP contribution in [0, 0.1) is 6.92 Å². The minimum Gasteiger partial charge on any atom is -0.462 e. The molecule has 2 aromatic carbocycles. The van der Waals surface area contributed by atoms with E-state index < -0.39 is 5.97 Å². The van der Waals surface area contributed by atoms with Crippen molar-refractivity contribution in [1.82, 2.24) is 15.1 Å². The number of aromatic nitrogens is 2. The van der Waals surface area contributed by atoms with E-state index in [2.05, 4.69) is 15.7 Å². The summed E-state index contributed by atoms with van der Waals surface area (Å²) >= 11 is 0. The predicted molar refractivity (Wildman–Crippen MR) is 116 cm³/mol. The molecule has 1 amide bonds. The number of esters is 1. The topological polar surface area (TPSA) is 85.2 Å². The van der Waals surface area contributed by atoms with Crippen molar-refractivity contribution in [2.24, 2.45) is 0 Å². The summed E-state index contributed by atoms with van der Waals surface area (Å²) in [6.45, 7) is 6.09. The van der Waals surface area contributed by atoms with E-state index in [9.17, 15) is 9.59 Å². The highest BCUT2D eigenvalue weighted by Crippen LogP contribution is 2.21. The van der Waals surface area contributed by atoms with Crippen LogP contribution in [0.1, 0.15) is 41.4 Å². The molecule has 7 heteroatoms. The number of para-hydroxylation sites is 1. The van der Waals surface area contributed by atoms with Crippen LogP contribution in [-0.4, -0.2) is 34.8 Å². The van der Waals surface area contributed by atoms with Gasteiger partial charge in [-0.15, -0.1) is 0 Å². The van der Waals surface area contributed by atoms with E-state index in [1.807, 2.05) is 68.4 Å². The lowest BCUT2D eigenvalue weighted by atomic mass is 10.0. The normalized spacial score (nSPS) is 11.7. The van der Waals surface area contributed by atoms with Gasteiger partial charge in [0, 0.05) is 6.04 Å². The zero-order chi connectivity index (χ0) is 21.5. The van der Waals surface area contributed by atoms with Crippen molar-refractivity contribution in [3.8, 4) is 5.69 Å². The highest BCUT2D eigenvalue weighted by molar-refractivity contribution is 6.01. The molecule has 1 aromatic heterocycles. The number of hydrogen-bond acceptors (Lipinski definition) is 5. The van der Waals surface area contributed by atoms with E-state index in [0.717, 1.165) is 16.8 Å². The first-order valence-corrected chi connectivity index (χ1v) is 9.90. The lowest BCUT2D eigenvalue weighted by molar-refractivity contribution is -0.115. The third-order valence-corrected chi connectivity index (χ3v) is 4.75. The summed E-state index contributed by atoms with van der Waals surface area (Å²) in [5.41, 5.74) is 3.22. The second-order valence-corrected chi connectivity index (χ2v) is 6.88. The zero-order valence-electron chi connectivity index (χ0n) is 17.4. The Bertz CT molecular complexity index is 1010. The molecule has 1 heterocycles. The molecule has 0 aliphatic carbocycles. The van der Waals surface area contributed by atoms with E-state index in [1.54, 1.807) is 6.92 Å². The van der Waals surface area contributed by atoms with Gasteiger partial charge in [-0.05, 0) is 44.0 Å². The maximum atomic E-state index is 12.7. The smallest absolute Gasteiger partial charge is 0.343 e. The van der Waals surface area contributed by atoms with E-state index in [0.29, 0.717) is 0 Å². The highest BCUT2D eigenvalue weighted by Gasteiger charge is 2.21. The number of ether oxygens (including phenoxy) is 1. The van der Waals surface area contributed by atoms with Crippen molar-refractivity contribution in [2.45, 2.75) is 26.8 Å². The number of aryl methyl sites for hydroxylation is 1. The van der Waals surface area contributed by atoms with Gasteiger partial charge >= 0.3 is 5.97 Å². The van der Waals surface area contributed by atoms with Crippen molar-refractivity contribution in [2.75, 3.05) is 18.5 Å². The first-order valence-electron chi connectivity index (χ1n) is 9.90. The molecule has 1 atom stereocenters. The van der Waals surface area contributed by atoms with Gasteiger partial charge in [0.1, 0.15) is 5.56 Å². The molecule has 156 valence electrons. The molecule has 0 radical (unpaired) electrons. The Balaban J connectivity index is 1.77. The predicted octanol–water partition coefficient (Wildman–Crippen LogP) is 3.65. The van der Waals surface area contributed by atoms with Gasteiger partial charge in [0.2, 0.25) is 5.91 Å². The number of anilines is 1. The summed E-state index contributed by atoms with van der Waals surface area (Å²) in [7, 11) is 0. The molecule has 7 nitrogen and oxygen atoms in total. The van der Waals surface area contributed by atoms with Gasteiger partial charge in [-0.1, -0.05) is 42.5 Å². The fourth-order valence-corrected chi connectivity index (χ4v) is 3.20. The monoisotopic (exact) mass is 406 g/mol. The fraction of sp³-hybridized carbons (Fsp3) is 0.261. The van der Waals surface area contributed by atoms with Crippen LogP contribution < -0.4 is 10.6 Å². The summed E-state index contributed by atoms with van der Waals surface area (Å²) in [5, 5.41) is 10.3. The number of amides is 1. The second-order valence-electron chi connectivity index (χ2n) is 6.88. The van der Waals surface area contributed by atoms with Gasteiger partial charge in [-0.2, -0.15) is 5.10 Å². The summed E-state index contributed by atoms with van der Waals surface area (Å²) < 4.78 is 6.63. The van der Waals surface area contributed by atoms with Crippen LogP contribution in [0.4, 0.5) is 5.82 Å². The second kappa shape index (κ2) is 9.84. The van der Waals surface area contributed by atoms with Crippen molar-refractivity contribution in [3.63, 3.8) is 0 Å². The summed E-state index contributed by atoms with van der Waals surface area (Å²) in [4.78, 5) is 25.0. The lowest BCUT2D eigenvalue weighted by Crippen LogP contribution is -2.31. The molecule has 3 rings (SSSR count). The van der Waals surface area contributed by atoms with Crippen LogP contribution in [0.15, 0.2) is 60.8 Å². The van der Waals surface area contributed by atoms with Gasteiger partial charge in [-0.3, -0.25) is 4.79 Å². The van der Waals surface area contributed by atoms with Crippen molar-refractivity contribution >= 4 is 17.7 Å². The molecular weight excluding hydrogens is 380 g/mol. The SMILES string of the molecule is CCOC(=O)c1cnn(-c2ccccc2)c1NC(=O)CNC(C)c1ccccc1C. The lowest BCUT2D eigenvalue weighted by Gasteiger charge is -2.17. The van der Waals surface area contributed by atoms with E-state index >= 15 is 0 Å². The quantitative estimate of drug-likeness (QED) is 0.558. The van der Waals surface area contributed by atoms with E-state index in [-0.39, 0.29) is 36.5 Å². The number of carbonyl (C=O) groups is 2. The third kappa shape index (κ3) is 4.93. The number of hydrogen-bond donors (Lipinski definition) is 2. The van der Waals surface area contributed by atoms with Crippen LogP contribution in [0.5, 0.6) is 0 Å². The van der Waals surface area contributed by atoms with Gasteiger partial charge in [-0.25, -0.2) is 9.48 Å². The number of carbonyl (C=O) groups excluding carboxylic acids is 2. The number of benzene rings is 2. The molecule has 3 aromatic rings. The minimum atomic E-state index is -0.531. The van der Waals surface area contributed by atoms with Crippen LogP contribution >= 0.6 is 0 Å². The number of nitrogens with zero attached hydrogens (tertiary/aromatic N) is 2. The molecule has 30 heavy (non-hydrogen) atoms. The van der Waals surface area contributed by atoms with Crippen molar-refractivity contribution < 1.29 is 14.3 Å². The maximum Gasteiger partial charge on any atom is 0.343 e. The van der Waals surface area contributed by atoms with E-state index in [4.69, 9.17) is 4.74 Å². The molecule has 0 aliphatic heterocycles. The standard InChI is InChI=1S/C23H26N4O3/c1-4-30-23(29)20-14-25-27(18-11-6-5-7-12-18)22(20)26-21(28)15-24-17(3)19-13-9-8-10-16(19)2/h5-14,17,24H,4,15H2,1-3H3,(H,26,28). The number of rotatable bonds is 8. The summed E-state index contributed by atoms with van der Waals surface area (Å²) in [5.74, 6) is -0.523. The maximum absolute atomic E-state index is 12.7. The van der Waals surface area contributed by atoms with Crippen molar-refractivity contribution in [3.05, 3.63) is 77.5 Å². The van der Waals surface area contributed by atoms with Crippen LogP contribution in [-0.2, 0) is 9.53 Å². The number of nitrogens with one attached hydrogen (secondary N) is 2. The third-order valence-electron chi connectivity index (χ3n) is 4.75. The summed E-state index contributed by atoms with van der Waals surface area (Å²) in [6, 6.07) is 17.3. The van der Waals surface area contributed by atoms with Crippen molar-refractivity contribution in [1.29, 1.82) is 0 Å². The first-order chi connectivity index (χ1) is 14.5. The Morgan fingerprint density at radius 2 is 1.80 bits per heavy atom. The molecule has 0 saturated heterocycles. The Kier molecular flexibility index (Phi) is 6.98. The fourth-order valence-electron chi connectivity index (χ4n) is 3.20. The Morgan fingerprint density at radius 3 is 2.50 bits per heavy atom. The zero-order valence-corrected chi connectivity index (χ0v) is 17.4. The van der Waals surface area contributed by atoms with E-state index in [1.165, 1.54) is 10.9 Å². The van der Waals surface area contributed by atoms with Crippen LogP contribution in [0.25, 0.3) is 5.69 Å². The average molecular weight is 406 g/mol. The molecule has 0 fully saturated rings. The molecule has 0 bridgehead atoms.